The van der Waals surface area contributed by atoms with Crippen LogP contribution in [0.15, 0.2) is 34.0 Å². The van der Waals surface area contributed by atoms with Crippen LogP contribution in [0.4, 0.5) is 5.69 Å². The largest absolute Gasteiger partial charge is 0.386 e. The zero-order valence-corrected chi connectivity index (χ0v) is 10.5. The van der Waals surface area contributed by atoms with Gasteiger partial charge < -0.3 is 5.73 Å². The van der Waals surface area contributed by atoms with Crippen LogP contribution in [0, 0.1) is 0 Å². The second kappa shape index (κ2) is 4.76. The average molecular weight is 300 g/mol. The fourth-order valence-corrected chi connectivity index (χ4v) is 1.85. The molecule has 1 aromatic carbocycles. The van der Waals surface area contributed by atoms with Crippen LogP contribution < -0.4 is 5.73 Å². The van der Waals surface area contributed by atoms with Crippen LogP contribution in [0.2, 0.25) is 0 Å². The van der Waals surface area contributed by atoms with Crippen molar-refractivity contribution in [1.82, 2.24) is 9.97 Å². The number of alkyl halides is 1. The Kier molecular flexibility index (Phi) is 3.36. The van der Waals surface area contributed by atoms with Crippen molar-refractivity contribution in [1.29, 1.82) is 0 Å². The van der Waals surface area contributed by atoms with Gasteiger partial charge in [-0.05, 0) is 28.1 Å². The molecule has 0 atom stereocenters. The molecule has 0 bridgehead atoms. The van der Waals surface area contributed by atoms with Gasteiger partial charge in [0.15, 0.2) is 0 Å². The molecule has 0 aliphatic rings. The van der Waals surface area contributed by atoms with E-state index in [2.05, 4.69) is 30.9 Å². The highest BCUT2D eigenvalue weighted by atomic mass is 79.9. The number of aliphatic imine (C=N–C) groups is 1. The highest BCUT2D eigenvalue weighted by Gasteiger charge is 2.06. The van der Waals surface area contributed by atoms with Crippen LogP contribution in [0.1, 0.15) is 0 Å². The van der Waals surface area contributed by atoms with Crippen LogP contribution in [-0.2, 0) is 0 Å². The van der Waals surface area contributed by atoms with Crippen LogP contribution in [-0.4, -0.2) is 21.7 Å². The standard InChI is InChI=1S/C10H8BrClN4/c11-9-6(16-8(13)5-12)1-2-7-10(9)15-4-3-14-7/h1-4H,5H2,(H2,13,16). The van der Waals surface area contributed by atoms with Crippen LogP contribution >= 0.6 is 27.5 Å². The molecule has 6 heteroatoms. The van der Waals surface area contributed by atoms with E-state index in [1.807, 2.05) is 12.1 Å². The molecule has 0 aliphatic heterocycles. The van der Waals surface area contributed by atoms with Gasteiger partial charge in [-0.25, -0.2) is 4.99 Å². The van der Waals surface area contributed by atoms with Gasteiger partial charge in [-0.15, -0.1) is 11.6 Å². The van der Waals surface area contributed by atoms with Gasteiger partial charge in [0.05, 0.1) is 21.6 Å². The van der Waals surface area contributed by atoms with Gasteiger partial charge in [0.25, 0.3) is 0 Å². The van der Waals surface area contributed by atoms with Gasteiger partial charge in [0.1, 0.15) is 11.4 Å². The summed E-state index contributed by atoms with van der Waals surface area (Å²) >= 11 is 9.00. The highest BCUT2D eigenvalue weighted by molar-refractivity contribution is 9.10. The van der Waals surface area contributed by atoms with Gasteiger partial charge in [-0.1, -0.05) is 0 Å². The SMILES string of the molecule is NC(CCl)=Nc1ccc2nccnc2c1Br. The third-order valence-corrected chi connectivity index (χ3v) is 3.02. The number of nitrogens with two attached hydrogens (primary N) is 1. The predicted molar refractivity (Wildman–Crippen MR) is 69.2 cm³/mol. The number of hydrogen-bond donors (Lipinski definition) is 1. The Hall–Kier alpha value is -1.20. The molecule has 2 aromatic rings. The summed E-state index contributed by atoms with van der Waals surface area (Å²) in [5.74, 6) is 0.566. The molecule has 0 amide bonds. The van der Waals surface area contributed by atoms with E-state index in [-0.39, 0.29) is 5.88 Å². The number of nitrogens with zero attached hydrogens (tertiary/aromatic N) is 3. The van der Waals surface area contributed by atoms with Crippen LogP contribution in [0.25, 0.3) is 11.0 Å². The van der Waals surface area contributed by atoms with Crippen molar-refractivity contribution in [3.8, 4) is 0 Å². The van der Waals surface area contributed by atoms with Crippen molar-refractivity contribution < 1.29 is 0 Å². The molecule has 82 valence electrons. The van der Waals surface area contributed by atoms with Crippen LogP contribution in [0.3, 0.4) is 0 Å². The Balaban J connectivity index is 2.61. The summed E-state index contributed by atoms with van der Waals surface area (Å²) in [6.07, 6.45) is 3.27. The van der Waals surface area contributed by atoms with Gasteiger partial charge in [-0.2, -0.15) is 0 Å². The summed E-state index contributed by atoms with van der Waals surface area (Å²) in [6, 6.07) is 3.66. The summed E-state index contributed by atoms with van der Waals surface area (Å²) in [7, 11) is 0. The van der Waals surface area contributed by atoms with Crippen molar-refractivity contribution >= 4 is 50.1 Å². The number of fused-ring (bicyclic) bond motifs is 1. The lowest BCUT2D eigenvalue weighted by Gasteiger charge is -2.03. The maximum atomic E-state index is 5.58. The molecule has 0 saturated heterocycles. The molecular formula is C10H8BrClN4. The lowest BCUT2D eigenvalue weighted by atomic mass is 10.2. The lowest BCUT2D eigenvalue weighted by molar-refractivity contribution is 1.28. The second-order valence-corrected chi connectivity index (χ2v) is 4.12. The first-order valence-corrected chi connectivity index (χ1v) is 5.83. The minimum absolute atomic E-state index is 0.199. The van der Waals surface area contributed by atoms with E-state index in [1.54, 1.807) is 12.4 Å². The molecule has 2 rings (SSSR count). The Morgan fingerprint density at radius 1 is 1.38 bits per heavy atom. The lowest BCUT2D eigenvalue weighted by Crippen LogP contribution is -2.12. The number of amidine groups is 1. The van der Waals surface area contributed by atoms with E-state index in [0.29, 0.717) is 11.5 Å². The topological polar surface area (TPSA) is 64.2 Å². The van der Waals surface area contributed by atoms with E-state index >= 15 is 0 Å². The Labute approximate surface area is 106 Å². The second-order valence-electron chi connectivity index (χ2n) is 3.06. The monoisotopic (exact) mass is 298 g/mol. The molecule has 2 N–H and O–H groups in total. The first-order valence-electron chi connectivity index (χ1n) is 4.50. The number of aromatic nitrogens is 2. The third-order valence-electron chi connectivity index (χ3n) is 1.96. The molecule has 1 aromatic heterocycles. The first-order chi connectivity index (χ1) is 7.72. The van der Waals surface area contributed by atoms with Crippen molar-refractivity contribution in [3.63, 3.8) is 0 Å². The van der Waals surface area contributed by atoms with E-state index in [0.717, 1.165) is 15.5 Å². The Bertz CT molecular complexity index is 556. The Morgan fingerprint density at radius 3 is 2.88 bits per heavy atom. The normalized spacial score (nSPS) is 12.0. The fourth-order valence-electron chi connectivity index (χ4n) is 1.26. The number of rotatable bonds is 2. The van der Waals surface area contributed by atoms with Crippen molar-refractivity contribution in [2.24, 2.45) is 10.7 Å². The van der Waals surface area contributed by atoms with E-state index in [9.17, 15) is 0 Å². The van der Waals surface area contributed by atoms with E-state index in [4.69, 9.17) is 17.3 Å². The molecule has 16 heavy (non-hydrogen) atoms. The van der Waals surface area contributed by atoms with Gasteiger partial charge in [-0.3, -0.25) is 9.97 Å². The number of hydrogen-bond acceptors (Lipinski definition) is 3. The number of halogens is 2. The quantitative estimate of drug-likeness (QED) is 0.527. The maximum absolute atomic E-state index is 5.58. The van der Waals surface area contributed by atoms with E-state index < -0.39 is 0 Å². The number of benzene rings is 1. The minimum atomic E-state index is 0.199. The van der Waals surface area contributed by atoms with E-state index in [1.165, 1.54) is 0 Å². The van der Waals surface area contributed by atoms with Crippen molar-refractivity contribution in [2.45, 2.75) is 0 Å². The third kappa shape index (κ3) is 2.15. The summed E-state index contributed by atoms with van der Waals surface area (Å²) in [4.78, 5) is 12.6. The summed E-state index contributed by atoms with van der Waals surface area (Å²) < 4.78 is 0.770. The summed E-state index contributed by atoms with van der Waals surface area (Å²) in [5, 5.41) is 0. The average Bonchev–Trinajstić information content (AvgIpc) is 2.33. The first kappa shape index (κ1) is 11.3. The predicted octanol–water partition coefficient (Wildman–Crippen LogP) is 2.62. The highest BCUT2D eigenvalue weighted by Crippen LogP contribution is 2.31. The molecule has 0 radical (unpaired) electrons. The van der Waals surface area contributed by atoms with Gasteiger partial charge in [0.2, 0.25) is 0 Å². The molecule has 0 saturated carbocycles. The van der Waals surface area contributed by atoms with Crippen molar-refractivity contribution in [2.75, 3.05) is 5.88 Å². The minimum Gasteiger partial charge on any atom is -0.386 e. The Morgan fingerprint density at radius 2 is 2.12 bits per heavy atom. The summed E-state index contributed by atoms with van der Waals surface area (Å²) in [6.45, 7) is 0. The molecule has 4 nitrogen and oxygen atoms in total. The zero-order chi connectivity index (χ0) is 11.5. The molecule has 0 aliphatic carbocycles. The van der Waals surface area contributed by atoms with Gasteiger partial charge in [0, 0.05) is 12.4 Å². The molecule has 0 fully saturated rings. The maximum Gasteiger partial charge on any atom is 0.115 e. The molecular weight excluding hydrogens is 291 g/mol. The molecule has 0 spiro atoms. The van der Waals surface area contributed by atoms with Crippen molar-refractivity contribution in [3.05, 3.63) is 29.0 Å². The molecule has 0 unspecified atom stereocenters. The molecule has 1 heterocycles. The summed E-state index contributed by atoms with van der Waals surface area (Å²) in [5.41, 5.74) is 7.84. The van der Waals surface area contributed by atoms with Gasteiger partial charge >= 0.3 is 0 Å². The smallest absolute Gasteiger partial charge is 0.115 e. The zero-order valence-electron chi connectivity index (χ0n) is 8.19. The van der Waals surface area contributed by atoms with Crippen LogP contribution in [0.5, 0.6) is 0 Å². The fraction of sp³-hybridized carbons (Fsp3) is 0.100.